The van der Waals surface area contributed by atoms with Crippen LogP contribution in [0, 0.1) is 6.92 Å². The van der Waals surface area contributed by atoms with Gasteiger partial charge in [0.15, 0.2) is 0 Å². The smallest absolute Gasteiger partial charge is 0.241 e. The summed E-state index contributed by atoms with van der Waals surface area (Å²) in [6.45, 7) is 8.31. The molecule has 1 aliphatic rings. The number of nitrogens with zero attached hydrogens (tertiary/aromatic N) is 2. The molecule has 0 radical (unpaired) electrons. The van der Waals surface area contributed by atoms with Gasteiger partial charge in [0.25, 0.3) is 0 Å². The molecule has 146 valence electrons. The van der Waals surface area contributed by atoms with Gasteiger partial charge in [-0.2, -0.15) is 0 Å². The Kier molecular flexibility index (Phi) is 6.71. The van der Waals surface area contributed by atoms with Crippen LogP contribution in [0.4, 0.5) is 0 Å². The number of hydrogen-bond acceptors (Lipinski definition) is 4. The van der Waals surface area contributed by atoms with E-state index in [2.05, 4.69) is 9.62 Å². The van der Waals surface area contributed by atoms with Gasteiger partial charge in [0, 0.05) is 36.6 Å². The van der Waals surface area contributed by atoms with Crippen molar-refractivity contribution in [1.29, 1.82) is 0 Å². The number of sulfonamides is 1. The van der Waals surface area contributed by atoms with Crippen molar-refractivity contribution in [3.05, 3.63) is 28.8 Å². The number of carbonyl (C=O) groups excluding carboxylic acids is 1. The summed E-state index contributed by atoms with van der Waals surface area (Å²) in [7, 11) is -1.74. The largest absolute Gasteiger partial charge is 0.341 e. The third kappa shape index (κ3) is 5.42. The fourth-order valence-electron chi connectivity index (χ4n) is 3.12. The quantitative estimate of drug-likeness (QED) is 0.821. The molecule has 1 heterocycles. The van der Waals surface area contributed by atoms with E-state index in [0.29, 0.717) is 23.7 Å². The highest BCUT2D eigenvalue weighted by molar-refractivity contribution is 7.89. The van der Waals surface area contributed by atoms with E-state index < -0.39 is 15.6 Å². The summed E-state index contributed by atoms with van der Waals surface area (Å²) >= 11 is 6.05. The molecular weight excluding hydrogens is 374 g/mol. The van der Waals surface area contributed by atoms with Crippen LogP contribution in [0.15, 0.2) is 23.1 Å². The summed E-state index contributed by atoms with van der Waals surface area (Å²) < 4.78 is 28.2. The first-order chi connectivity index (χ1) is 12.0. The highest BCUT2D eigenvalue weighted by Gasteiger charge is 2.31. The minimum atomic E-state index is -3.78. The predicted molar refractivity (Wildman–Crippen MR) is 104 cm³/mol. The fourth-order valence-corrected chi connectivity index (χ4v) is 5.03. The fraction of sp³-hybridized carbons (Fsp3) is 0.611. The van der Waals surface area contributed by atoms with E-state index in [4.69, 9.17) is 11.6 Å². The number of amides is 1. The van der Waals surface area contributed by atoms with Crippen molar-refractivity contribution in [2.24, 2.45) is 0 Å². The van der Waals surface area contributed by atoms with Crippen molar-refractivity contribution in [3.63, 3.8) is 0 Å². The molecule has 0 aromatic heterocycles. The standard InChI is InChI=1S/C18H28ClN3O3S/c1-14-15(19)7-5-8-16(14)26(24,25)20-18(2,3)13-17(23)22-10-6-9-21(4)11-12-22/h5,7-8,20H,6,9-13H2,1-4H3. The first kappa shape index (κ1) is 21.2. The summed E-state index contributed by atoms with van der Waals surface area (Å²) in [5.41, 5.74) is -0.401. The molecule has 0 aliphatic carbocycles. The van der Waals surface area contributed by atoms with Crippen molar-refractivity contribution >= 4 is 27.5 Å². The first-order valence-corrected chi connectivity index (χ1v) is 10.6. The van der Waals surface area contributed by atoms with Crippen LogP contribution < -0.4 is 4.72 Å². The highest BCUT2D eigenvalue weighted by atomic mass is 35.5. The maximum atomic E-state index is 12.8. The number of hydrogen-bond donors (Lipinski definition) is 1. The van der Waals surface area contributed by atoms with Gasteiger partial charge in [-0.3, -0.25) is 4.79 Å². The van der Waals surface area contributed by atoms with E-state index in [0.717, 1.165) is 19.5 Å². The SMILES string of the molecule is Cc1c(Cl)cccc1S(=O)(=O)NC(C)(C)CC(=O)N1CCCN(C)CC1. The van der Waals surface area contributed by atoms with Crippen molar-refractivity contribution in [2.45, 2.75) is 44.0 Å². The lowest BCUT2D eigenvalue weighted by atomic mass is 10.0. The summed E-state index contributed by atoms with van der Waals surface area (Å²) in [6, 6.07) is 4.78. The summed E-state index contributed by atoms with van der Waals surface area (Å²) in [4.78, 5) is 16.8. The molecule has 0 bridgehead atoms. The average Bonchev–Trinajstić information content (AvgIpc) is 2.73. The van der Waals surface area contributed by atoms with Gasteiger partial charge in [0.1, 0.15) is 0 Å². The van der Waals surface area contributed by atoms with E-state index in [1.807, 2.05) is 11.9 Å². The third-order valence-corrected chi connectivity index (χ3v) is 6.84. The predicted octanol–water partition coefficient (Wildman–Crippen LogP) is 2.26. The van der Waals surface area contributed by atoms with Gasteiger partial charge in [-0.05, 0) is 58.5 Å². The molecule has 6 nitrogen and oxygen atoms in total. The van der Waals surface area contributed by atoms with E-state index in [1.165, 1.54) is 6.07 Å². The van der Waals surface area contributed by atoms with Crippen LogP contribution in [0.5, 0.6) is 0 Å². The summed E-state index contributed by atoms with van der Waals surface area (Å²) in [5, 5.41) is 0.399. The molecule has 1 aliphatic heterocycles. The topological polar surface area (TPSA) is 69.7 Å². The zero-order chi connectivity index (χ0) is 19.5. The number of rotatable bonds is 5. The summed E-state index contributed by atoms with van der Waals surface area (Å²) in [6.07, 6.45) is 1.03. The van der Waals surface area contributed by atoms with Crippen LogP contribution in [0.1, 0.15) is 32.3 Å². The summed E-state index contributed by atoms with van der Waals surface area (Å²) in [5.74, 6) is -0.0317. The zero-order valence-electron chi connectivity index (χ0n) is 15.9. The van der Waals surface area contributed by atoms with Crippen LogP contribution >= 0.6 is 11.6 Å². The van der Waals surface area contributed by atoms with Gasteiger partial charge in [0.2, 0.25) is 15.9 Å². The molecule has 0 spiro atoms. The monoisotopic (exact) mass is 401 g/mol. The zero-order valence-corrected chi connectivity index (χ0v) is 17.5. The molecular formula is C18H28ClN3O3S. The molecule has 26 heavy (non-hydrogen) atoms. The second-order valence-corrected chi connectivity index (χ2v) is 9.62. The third-order valence-electron chi connectivity index (χ3n) is 4.58. The van der Waals surface area contributed by atoms with Crippen molar-refractivity contribution < 1.29 is 13.2 Å². The van der Waals surface area contributed by atoms with E-state index in [1.54, 1.807) is 32.9 Å². The lowest BCUT2D eigenvalue weighted by Crippen LogP contribution is -2.48. The number of halogens is 1. The molecule has 1 saturated heterocycles. The lowest BCUT2D eigenvalue weighted by molar-refractivity contribution is -0.132. The Morgan fingerprint density at radius 1 is 1.23 bits per heavy atom. The molecule has 0 unspecified atom stereocenters. The Balaban J connectivity index is 2.09. The van der Waals surface area contributed by atoms with Crippen LogP contribution in [-0.4, -0.2) is 62.9 Å². The Labute approximate surface area is 161 Å². The Morgan fingerprint density at radius 3 is 2.62 bits per heavy atom. The minimum Gasteiger partial charge on any atom is -0.341 e. The van der Waals surface area contributed by atoms with Gasteiger partial charge in [-0.25, -0.2) is 13.1 Å². The molecule has 1 N–H and O–H groups in total. The lowest BCUT2D eigenvalue weighted by Gasteiger charge is -2.29. The van der Waals surface area contributed by atoms with E-state index in [9.17, 15) is 13.2 Å². The van der Waals surface area contributed by atoms with Gasteiger partial charge in [-0.1, -0.05) is 17.7 Å². The van der Waals surface area contributed by atoms with Crippen molar-refractivity contribution in [3.8, 4) is 0 Å². The van der Waals surface area contributed by atoms with Crippen molar-refractivity contribution in [2.75, 3.05) is 33.2 Å². The maximum Gasteiger partial charge on any atom is 0.241 e. The average molecular weight is 402 g/mol. The highest BCUT2D eigenvalue weighted by Crippen LogP contribution is 2.24. The maximum absolute atomic E-state index is 12.8. The Morgan fingerprint density at radius 2 is 1.92 bits per heavy atom. The van der Waals surface area contributed by atoms with E-state index >= 15 is 0 Å². The minimum absolute atomic E-state index is 0.0317. The molecule has 0 saturated carbocycles. The Bertz CT molecular complexity index is 765. The van der Waals surface area contributed by atoms with Crippen LogP contribution in [0.25, 0.3) is 0 Å². The van der Waals surface area contributed by atoms with Gasteiger partial charge >= 0.3 is 0 Å². The molecule has 1 aromatic carbocycles. The molecule has 2 rings (SSSR count). The second-order valence-electron chi connectivity index (χ2n) is 7.57. The number of carbonyl (C=O) groups is 1. The Hall–Kier alpha value is -1.15. The van der Waals surface area contributed by atoms with Gasteiger partial charge in [0.05, 0.1) is 4.90 Å². The number of nitrogens with one attached hydrogen (secondary N) is 1. The molecule has 8 heteroatoms. The van der Waals surface area contributed by atoms with Gasteiger partial charge < -0.3 is 9.80 Å². The van der Waals surface area contributed by atoms with Crippen LogP contribution in [0.2, 0.25) is 5.02 Å². The number of likely N-dealkylation sites (N-methyl/N-ethyl adjacent to an activating group) is 1. The first-order valence-electron chi connectivity index (χ1n) is 8.77. The van der Waals surface area contributed by atoms with Gasteiger partial charge in [-0.15, -0.1) is 0 Å². The molecule has 0 atom stereocenters. The molecule has 1 aromatic rings. The van der Waals surface area contributed by atoms with E-state index in [-0.39, 0.29) is 17.2 Å². The van der Waals surface area contributed by atoms with Crippen molar-refractivity contribution in [1.82, 2.24) is 14.5 Å². The molecule has 1 amide bonds. The van der Waals surface area contributed by atoms with Crippen LogP contribution in [-0.2, 0) is 14.8 Å². The second kappa shape index (κ2) is 8.25. The van der Waals surface area contributed by atoms with Crippen LogP contribution in [0.3, 0.4) is 0 Å². The normalized spacial score (nSPS) is 17.2. The molecule has 1 fully saturated rings. The number of benzene rings is 1.